The first-order valence-electron chi connectivity index (χ1n) is 18.8. The molecule has 0 amide bonds. The largest absolute Gasteiger partial charge is 0.208 e. The molecule has 9 aromatic rings. The van der Waals surface area contributed by atoms with Crippen molar-refractivity contribution in [1.29, 1.82) is 0 Å². The van der Waals surface area contributed by atoms with Gasteiger partial charge in [0.05, 0.1) is 5.41 Å². The normalized spacial score (nSPS) is 12.9. The van der Waals surface area contributed by atoms with Gasteiger partial charge in [0.1, 0.15) is 0 Å². The van der Waals surface area contributed by atoms with E-state index in [4.69, 9.17) is 15.0 Å². The fraction of sp³-hybridized carbons (Fsp3) is 0.0192. The second kappa shape index (κ2) is 12.4. The highest BCUT2D eigenvalue weighted by atomic mass is 15.0. The van der Waals surface area contributed by atoms with Gasteiger partial charge in [-0.1, -0.05) is 182 Å². The maximum atomic E-state index is 4.99. The van der Waals surface area contributed by atoms with Crippen molar-refractivity contribution in [3.05, 3.63) is 222 Å². The molecule has 256 valence electrons. The van der Waals surface area contributed by atoms with Gasteiger partial charge in [0, 0.05) is 16.7 Å². The quantitative estimate of drug-likeness (QED) is 0.179. The second-order valence-electron chi connectivity index (χ2n) is 14.3. The van der Waals surface area contributed by atoms with Crippen molar-refractivity contribution in [2.24, 2.45) is 0 Å². The molecule has 0 atom stereocenters. The Balaban J connectivity index is 1.01. The first-order chi connectivity index (χ1) is 27.3. The summed E-state index contributed by atoms with van der Waals surface area (Å²) in [6, 6.07) is 71.6. The molecular weight excluding hydrogens is 667 g/mol. The smallest absolute Gasteiger partial charge is 0.164 e. The van der Waals surface area contributed by atoms with Crippen LogP contribution in [0.3, 0.4) is 0 Å². The lowest BCUT2D eigenvalue weighted by Crippen LogP contribution is -2.25. The van der Waals surface area contributed by atoms with E-state index in [0.717, 1.165) is 27.8 Å². The first-order valence-corrected chi connectivity index (χ1v) is 18.8. The molecule has 0 saturated heterocycles. The lowest BCUT2D eigenvalue weighted by Gasteiger charge is -2.30. The fourth-order valence-corrected chi connectivity index (χ4v) is 8.93. The molecule has 0 fully saturated rings. The summed E-state index contributed by atoms with van der Waals surface area (Å²) in [7, 11) is 0. The van der Waals surface area contributed by atoms with Crippen LogP contribution in [0.4, 0.5) is 0 Å². The number of aromatic nitrogens is 3. The monoisotopic (exact) mass is 699 g/mol. The van der Waals surface area contributed by atoms with Crippen LogP contribution in [0.1, 0.15) is 22.3 Å². The highest BCUT2D eigenvalue weighted by Crippen LogP contribution is 2.62. The average Bonchev–Trinajstić information content (AvgIpc) is 3.74. The summed E-state index contributed by atoms with van der Waals surface area (Å²) in [5, 5.41) is 0. The Hall–Kier alpha value is -7.23. The molecule has 3 nitrogen and oxygen atoms in total. The van der Waals surface area contributed by atoms with E-state index in [2.05, 4.69) is 140 Å². The summed E-state index contributed by atoms with van der Waals surface area (Å²) in [6.45, 7) is 0. The molecule has 1 aromatic heterocycles. The van der Waals surface area contributed by atoms with Gasteiger partial charge in [-0.05, 0) is 85.0 Å². The van der Waals surface area contributed by atoms with Crippen molar-refractivity contribution in [3.8, 4) is 78.7 Å². The standard InChI is InChI=1S/C52H33N3/c1-3-15-34(16-4-1)49-53-50(35-17-5-2-6-18-35)55-51(54-49)40-22-14-21-38(32-40)36-19-13-20-37(31-36)39-29-30-48-44(33-39)43-25-9-12-28-47(43)52(48)45-26-10-7-23-41(45)42-24-8-11-27-46(42)52/h1-33H. The molecule has 8 aromatic carbocycles. The molecule has 55 heavy (non-hydrogen) atoms. The molecule has 0 N–H and O–H groups in total. The van der Waals surface area contributed by atoms with E-state index in [1.807, 2.05) is 60.7 Å². The van der Waals surface area contributed by atoms with E-state index in [9.17, 15) is 0 Å². The van der Waals surface area contributed by atoms with Gasteiger partial charge < -0.3 is 0 Å². The van der Waals surface area contributed by atoms with Crippen LogP contribution in [0.2, 0.25) is 0 Å². The third-order valence-corrected chi connectivity index (χ3v) is 11.3. The van der Waals surface area contributed by atoms with E-state index in [1.165, 1.54) is 55.6 Å². The zero-order valence-electron chi connectivity index (χ0n) is 29.9. The minimum absolute atomic E-state index is 0.338. The minimum Gasteiger partial charge on any atom is -0.208 e. The molecule has 2 aliphatic carbocycles. The van der Waals surface area contributed by atoms with Crippen LogP contribution >= 0.6 is 0 Å². The summed E-state index contributed by atoms with van der Waals surface area (Å²) >= 11 is 0. The fourth-order valence-electron chi connectivity index (χ4n) is 8.93. The number of benzene rings is 8. The average molecular weight is 700 g/mol. The van der Waals surface area contributed by atoms with Crippen LogP contribution < -0.4 is 0 Å². The van der Waals surface area contributed by atoms with Crippen molar-refractivity contribution in [1.82, 2.24) is 15.0 Å². The molecule has 3 heteroatoms. The number of fused-ring (bicyclic) bond motifs is 10. The summed E-state index contributed by atoms with van der Waals surface area (Å²) in [5.41, 5.74) is 17.8. The van der Waals surface area contributed by atoms with Crippen LogP contribution in [0.15, 0.2) is 200 Å². The third-order valence-electron chi connectivity index (χ3n) is 11.3. The Labute approximate surface area is 320 Å². The molecule has 1 heterocycles. The van der Waals surface area contributed by atoms with Crippen molar-refractivity contribution >= 4 is 0 Å². The summed E-state index contributed by atoms with van der Waals surface area (Å²) in [6.07, 6.45) is 0. The Morgan fingerprint density at radius 3 is 1.09 bits per heavy atom. The van der Waals surface area contributed by atoms with Crippen LogP contribution in [-0.4, -0.2) is 15.0 Å². The molecule has 0 radical (unpaired) electrons. The Morgan fingerprint density at radius 1 is 0.236 bits per heavy atom. The predicted octanol–water partition coefficient (Wildman–Crippen LogP) is 12.6. The topological polar surface area (TPSA) is 38.7 Å². The lowest BCUT2D eigenvalue weighted by molar-refractivity contribution is 0.794. The molecule has 11 rings (SSSR count). The zero-order valence-corrected chi connectivity index (χ0v) is 29.9. The van der Waals surface area contributed by atoms with E-state index < -0.39 is 0 Å². The van der Waals surface area contributed by atoms with Gasteiger partial charge >= 0.3 is 0 Å². The second-order valence-corrected chi connectivity index (χ2v) is 14.3. The van der Waals surface area contributed by atoms with E-state index in [0.29, 0.717) is 17.5 Å². The third kappa shape index (κ3) is 4.87. The van der Waals surface area contributed by atoms with Crippen LogP contribution in [-0.2, 0) is 5.41 Å². The SMILES string of the molecule is c1ccc(-c2nc(-c3ccccc3)nc(-c3cccc(-c4cccc(-c5ccc6c(c5)-c5ccccc5C65c6ccccc6-c6ccccc65)c4)c3)n2)cc1. The Bertz CT molecular complexity index is 2830. The maximum Gasteiger partial charge on any atom is 0.164 e. The van der Waals surface area contributed by atoms with Crippen molar-refractivity contribution < 1.29 is 0 Å². The van der Waals surface area contributed by atoms with Gasteiger partial charge in [0.25, 0.3) is 0 Å². The van der Waals surface area contributed by atoms with E-state index >= 15 is 0 Å². The molecular formula is C52H33N3. The van der Waals surface area contributed by atoms with Gasteiger partial charge in [-0.3, -0.25) is 0 Å². The van der Waals surface area contributed by atoms with Gasteiger partial charge in [-0.15, -0.1) is 0 Å². The predicted molar refractivity (Wildman–Crippen MR) is 223 cm³/mol. The van der Waals surface area contributed by atoms with Crippen molar-refractivity contribution in [3.63, 3.8) is 0 Å². The molecule has 0 aliphatic heterocycles. The van der Waals surface area contributed by atoms with Crippen molar-refractivity contribution in [2.45, 2.75) is 5.41 Å². The summed E-state index contributed by atoms with van der Waals surface area (Å²) < 4.78 is 0. The Morgan fingerprint density at radius 2 is 0.582 bits per heavy atom. The number of nitrogens with zero attached hydrogens (tertiary/aromatic N) is 3. The van der Waals surface area contributed by atoms with Crippen LogP contribution in [0.5, 0.6) is 0 Å². The lowest BCUT2D eigenvalue weighted by atomic mass is 9.70. The maximum absolute atomic E-state index is 4.99. The van der Waals surface area contributed by atoms with Gasteiger partial charge in [-0.2, -0.15) is 0 Å². The number of hydrogen-bond acceptors (Lipinski definition) is 3. The van der Waals surface area contributed by atoms with Crippen LogP contribution in [0.25, 0.3) is 78.7 Å². The number of rotatable bonds is 5. The molecule has 0 saturated carbocycles. The zero-order chi connectivity index (χ0) is 36.3. The summed E-state index contributed by atoms with van der Waals surface area (Å²) in [5.74, 6) is 1.95. The Kier molecular flexibility index (Phi) is 7.08. The minimum atomic E-state index is -0.338. The van der Waals surface area contributed by atoms with Gasteiger partial charge in [0.15, 0.2) is 17.5 Å². The highest BCUT2D eigenvalue weighted by molar-refractivity contribution is 5.96. The van der Waals surface area contributed by atoms with Gasteiger partial charge in [0.2, 0.25) is 0 Å². The van der Waals surface area contributed by atoms with E-state index in [1.54, 1.807) is 0 Å². The van der Waals surface area contributed by atoms with Crippen molar-refractivity contribution in [2.75, 3.05) is 0 Å². The number of hydrogen-bond donors (Lipinski definition) is 0. The molecule has 0 unspecified atom stereocenters. The molecule has 1 spiro atoms. The van der Waals surface area contributed by atoms with E-state index in [-0.39, 0.29) is 5.41 Å². The first kappa shape index (κ1) is 31.3. The molecule has 2 aliphatic rings. The highest BCUT2D eigenvalue weighted by Gasteiger charge is 2.51. The van der Waals surface area contributed by atoms with Gasteiger partial charge in [-0.25, -0.2) is 15.0 Å². The summed E-state index contributed by atoms with van der Waals surface area (Å²) in [4.78, 5) is 14.9. The van der Waals surface area contributed by atoms with Crippen LogP contribution in [0, 0.1) is 0 Å². The molecule has 0 bridgehead atoms.